The van der Waals surface area contributed by atoms with Gasteiger partial charge in [-0.1, -0.05) is 25.9 Å². The van der Waals surface area contributed by atoms with Gasteiger partial charge < -0.3 is 15.7 Å². The zero-order valence-electron chi connectivity index (χ0n) is 11.0. The fraction of sp³-hybridized carbons (Fsp3) is 0.462. The third-order valence-electron chi connectivity index (χ3n) is 2.74. The van der Waals surface area contributed by atoms with Crippen LogP contribution in [0.3, 0.4) is 0 Å². The molecule has 0 aliphatic rings. The molecule has 0 atom stereocenters. The molecule has 0 aromatic heterocycles. The molecule has 1 rings (SSSR count). The van der Waals surface area contributed by atoms with E-state index in [-0.39, 0.29) is 11.3 Å². The van der Waals surface area contributed by atoms with E-state index in [2.05, 4.69) is 25.9 Å². The molecule has 17 heavy (non-hydrogen) atoms. The van der Waals surface area contributed by atoms with Gasteiger partial charge in [-0.2, -0.15) is 0 Å². The first-order chi connectivity index (χ1) is 7.81. The lowest BCUT2D eigenvalue weighted by Gasteiger charge is -2.23. The summed E-state index contributed by atoms with van der Waals surface area (Å²) in [5.41, 5.74) is 8.28. The normalized spacial score (nSPS) is 12.6. The second-order valence-electron chi connectivity index (χ2n) is 5.10. The third kappa shape index (κ3) is 2.70. The predicted octanol–water partition coefficient (Wildman–Crippen LogP) is 2.40. The predicted molar refractivity (Wildman–Crippen MR) is 68.9 cm³/mol. The highest BCUT2D eigenvalue weighted by Gasteiger charge is 2.21. The Hall–Kier alpha value is -1.71. The monoisotopic (exact) mass is 236 g/mol. The van der Waals surface area contributed by atoms with Crippen molar-refractivity contribution in [1.29, 1.82) is 0 Å². The molecule has 0 heterocycles. The zero-order valence-corrected chi connectivity index (χ0v) is 11.0. The Labute approximate surface area is 102 Å². The molecule has 0 radical (unpaired) electrons. The molecule has 4 nitrogen and oxygen atoms in total. The first kappa shape index (κ1) is 13.4. The van der Waals surface area contributed by atoms with E-state index in [0.717, 1.165) is 22.4 Å². The number of nitrogens with zero attached hydrogens (tertiary/aromatic N) is 1. The van der Waals surface area contributed by atoms with E-state index in [1.54, 1.807) is 7.11 Å². The summed E-state index contributed by atoms with van der Waals surface area (Å²) in [5.74, 6) is 0.945. The van der Waals surface area contributed by atoms with Gasteiger partial charge in [0, 0.05) is 11.1 Å². The summed E-state index contributed by atoms with van der Waals surface area (Å²) in [6.45, 7) is 8.19. The highest BCUT2D eigenvalue weighted by molar-refractivity contribution is 5.98. The maximum absolute atomic E-state index is 8.76. The molecule has 0 bridgehead atoms. The van der Waals surface area contributed by atoms with Crippen molar-refractivity contribution >= 4 is 5.84 Å². The Morgan fingerprint density at radius 2 is 1.94 bits per heavy atom. The van der Waals surface area contributed by atoms with Crippen LogP contribution in [0.4, 0.5) is 0 Å². The van der Waals surface area contributed by atoms with E-state index in [4.69, 9.17) is 15.7 Å². The van der Waals surface area contributed by atoms with Gasteiger partial charge in [-0.15, -0.1) is 0 Å². The average Bonchev–Trinajstić information content (AvgIpc) is 2.25. The fourth-order valence-corrected chi connectivity index (χ4v) is 1.77. The summed E-state index contributed by atoms with van der Waals surface area (Å²) >= 11 is 0. The van der Waals surface area contributed by atoms with Gasteiger partial charge in [-0.05, 0) is 30.0 Å². The van der Waals surface area contributed by atoms with Gasteiger partial charge in [-0.3, -0.25) is 0 Å². The second kappa shape index (κ2) is 4.65. The quantitative estimate of drug-likeness (QED) is 0.358. The molecule has 0 saturated carbocycles. The zero-order chi connectivity index (χ0) is 13.2. The van der Waals surface area contributed by atoms with Gasteiger partial charge in [0.1, 0.15) is 5.75 Å². The molecule has 0 fully saturated rings. The summed E-state index contributed by atoms with van der Waals surface area (Å²) in [4.78, 5) is 0. The number of rotatable bonds is 2. The van der Waals surface area contributed by atoms with Crippen molar-refractivity contribution in [2.45, 2.75) is 33.1 Å². The summed E-state index contributed by atoms with van der Waals surface area (Å²) < 4.78 is 5.38. The number of oxime groups is 1. The Morgan fingerprint density at radius 3 is 2.35 bits per heavy atom. The molecular weight excluding hydrogens is 216 g/mol. The Bertz CT molecular complexity index is 445. The topological polar surface area (TPSA) is 67.8 Å². The SMILES string of the molecule is COc1cc(C)c(/C(N)=N/O)cc1C(C)(C)C. The summed E-state index contributed by atoms with van der Waals surface area (Å²) in [7, 11) is 1.65. The highest BCUT2D eigenvalue weighted by atomic mass is 16.5. The van der Waals surface area contributed by atoms with Crippen LogP contribution in [0.25, 0.3) is 0 Å². The van der Waals surface area contributed by atoms with Crippen LogP contribution >= 0.6 is 0 Å². The molecule has 0 spiro atoms. The molecule has 94 valence electrons. The number of hydrogen-bond donors (Lipinski definition) is 2. The number of aryl methyl sites for hydroxylation is 1. The van der Waals surface area contributed by atoms with Crippen molar-refractivity contribution in [3.8, 4) is 5.75 Å². The van der Waals surface area contributed by atoms with E-state index in [1.807, 2.05) is 19.1 Å². The summed E-state index contributed by atoms with van der Waals surface area (Å²) in [6, 6.07) is 3.83. The first-order valence-electron chi connectivity index (χ1n) is 5.48. The summed E-state index contributed by atoms with van der Waals surface area (Å²) in [5, 5.41) is 11.8. The molecule has 0 saturated heterocycles. The maximum Gasteiger partial charge on any atom is 0.170 e. The smallest absolute Gasteiger partial charge is 0.170 e. The van der Waals surface area contributed by atoms with Crippen LogP contribution in [0.5, 0.6) is 5.75 Å². The van der Waals surface area contributed by atoms with Gasteiger partial charge in [0.15, 0.2) is 5.84 Å². The minimum absolute atomic E-state index is 0.0659. The van der Waals surface area contributed by atoms with Crippen molar-refractivity contribution in [3.63, 3.8) is 0 Å². The first-order valence-corrected chi connectivity index (χ1v) is 5.48. The lowest BCUT2D eigenvalue weighted by atomic mass is 9.84. The lowest BCUT2D eigenvalue weighted by molar-refractivity contribution is 0.318. The number of benzene rings is 1. The second-order valence-corrected chi connectivity index (χ2v) is 5.10. The minimum Gasteiger partial charge on any atom is -0.496 e. The van der Waals surface area contributed by atoms with Gasteiger partial charge in [-0.25, -0.2) is 0 Å². The molecule has 1 aromatic carbocycles. The van der Waals surface area contributed by atoms with Crippen LogP contribution in [-0.2, 0) is 5.41 Å². The standard InChI is InChI=1S/C13H20N2O2/c1-8-6-11(17-5)10(13(2,3)4)7-9(8)12(14)15-16/h6-7,16H,1-5H3,(H2,14,15). The molecule has 0 unspecified atom stereocenters. The average molecular weight is 236 g/mol. The van der Waals surface area contributed by atoms with E-state index in [9.17, 15) is 0 Å². The number of nitrogens with two attached hydrogens (primary N) is 1. The molecule has 0 aliphatic heterocycles. The van der Waals surface area contributed by atoms with Crippen LogP contribution in [0.2, 0.25) is 0 Å². The largest absolute Gasteiger partial charge is 0.496 e. The van der Waals surface area contributed by atoms with Crippen LogP contribution in [0.1, 0.15) is 37.5 Å². The van der Waals surface area contributed by atoms with Crippen LogP contribution in [0, 0.1) is 6.92 Å². The molecular formula is C13H20N2O2. The van der Waals surface area contributed by atoms with Gasteiger partial charge in [0.2, 0.25) is 0 Å². The number of ether oxygens (including phenoxy) is 1. The van der Waals surface area contributed by atoms with E-state index >= 15 is 0 Å². The molecule has 1 aromatic rings. The van der Waals surface area contributed by atoms with E-state index in [0.29, 0.717) is 0 Å². The number of methoxy groups -OCH3 is 1. The number of amidine groups is 1. The molecule has 4 heteroatoms. The van der Waals surface area contributed by atoms with Crippen molar-refractivity contribution in [2.75, 3.05) is 7.11 Å². The van der Waals surface area contributed by atoms with Crippen LogP contribution in [-0.4, -0.2) is 18.2 Å². The number of hydrogen-bond acceptors (Lipinski definition) is 3. The summed E-state index contributed by atoms with van der Waals surface area (Å²) in [6.07, 6.45) is 0. The molecule has 3 N–H and O–H groups in total. The molecule has 0 amide bonds. The lowest BCUT2D eigenvalue weighted by Crippen LogP contribution is -2.19. The van der Waals surface area contributed by atoms with Crippen molar-refractivity contribution in [1.82, 2.24) is 0 Å². The maximum atomic E-state index is 8.76. The van der Waals surface area contributed by atoms with Crippen molar-refractivity contribution in [3.05, 3.63) is 28.8 Å². The van der Waals surface area contributed by atoms with E-state index < -0.39 is 0 Å². The van der Waals surface area contributed by atoms with Gasteiger partial charge >= 0.3 is 0 Å². The van der Waals surface area contributed by atoms with Crippen molar-refractivity contribution < 1.29 is 9.94 Å². The third-order valence-corrected chi connectivity index (χ3v) is 2.74. The van der Waals surface area contributed by atoms with Crippen LogP contribution < -0.4 is 10.5 Å². The van der Waals surface area contributed by atoms with E-state index in [1.165, 1.54) is 0 Å². The van der Waals surface area contributed by atoms with Gasteiger partial charge in [0.05, 0.1) is 7.11 Å². The molecule has 0 aliphatic carbocycles. The van der Waals surface area contributed by atoms with Crippen molar-refractivity contribution in [2.24, 2.45) is 10.9 Å². The highest BCUT2D eigenvalue weighted by Crippen LogP contribution is 2.33. The fourth-order valence-electron chi connectivity index (χ4n) is 1.77. The minimum atomic E-state index is -0.0659. The van der Waals surface area contributed by atoms with Gasteiger partial charge in [0.25, 0.3) is 0 Å². The Kier molecular flexibility index (Phi) is 3.66. The Morgan fingerprint density at radius 1 is 1.35 bits per heavy atom. The van der Waals surface area contributed by atoms with Crippen LogP contribution in [0.15, 0.2) is 17.3 Å². The Balaban J connectivity index is 3.49.